The lowest BCUT2D eigenvalue weighted by Crippen LogP contribution is -2.19. The Balaban J connectivity index is 1.92. The summed E-state index contributed by atoms with van der Waals surface area (Å²) in [6.07, 6.45) is -3.13. The second kappa shape index (κ2) is 7.07. The number of rotatable bonds is 4. The summed E-state index contributed by atoms with van der Waals surface area (Å²) in [4.78, 5) is 18.9. The van der Waals surface area contributed by atoms with E-state index in [4.69, 9.17) is 4.42 Å². The molecule has 0 aliphatic heterocycles. The topological polar surface area (TPSA) is 58.4 Å². The van der Waals surface area contributed by atoms with Gasteiger partial charge in [0.05, 0.1) is 17.5 Å². The Morgan fingerprint density at radius 2 is 2.00 bits per heavy atom. The number of hydrogen-bond donors (Lipinski definition) is 1. The number of aryl methyl sites for hydroxylation is 1. The van der Waals surface area contributed by atoms with Crippen molar-refractivity contribution in [2.45, 2.75) is 13.1 Å². The van der Waals surface area contributed by atoms with Crippen molar-refractivity contribution in [1.29, 1.82) is 0 Å². The standard InChI is InChI=1S/C18H16F3N3O2S/c1-10-15(23-17(27-10)14-5-4-8-26-14)16(25)22-13-7-6-11(24(2)3)9-12(13)18(19,20)21/h4-9H,1-3H3,(H,22,25). The van der Waals surface area contributed by atoms with Gasteiger partial charge in [0, 0.05) is 24.7 Å². The van der Waals surface area contributed by atoms with Gasteiger partial charge < -0.3 is 14.6 Å². The highest BCUT2D eigenvalue weighted by Crippen LogP contribution is 2.37. The molecule has 5 nitrogen and oxygen atoms in total. The highest BCUT2D eigenvalue weighted by atomic mass is 32.1. The van der Waals surface area contributed by atoms with E-state index in [0.717, 1.165) is 6.07 Å². The molecule has 1 aromatic carbocycles. The van der Waals surface area contributed by atoms with Crippen LogP contribution in [-0.4, -0.2) is 25.0 Å². The summed E-state index contributed by atoms with van der Waals surface area (Å²) >= 11 is 1.23. The summed E-state index contributed by atoms with van der Waals surface area (Å²) < 4.78 is 45.5. The molecule has 2 heterocycles. The van der Waals surface area contributed by atoms with E-state index in [1.165, 1.54) is 29.7 Å². The maximum absolute atomic E-state index is 13.4. The van der Waals surface area contributed by atoms with Gasteiger partial charge >= 0.3 is 6.18 Å². The van der Waals surface area contributed by atoms with Gasteiger partial charge in [0.25, 0.3) is 5.91 Å². The zero-order valence-corrected chi connectivity index (χ0v) is 15.5. The monoisotopic (exact) mass is 395 g/mol. The molecule has 9 heteroatoms. The molecular weight excluding hydrogens is 379 g/mol. The molecule has 3 aromatic rings. The van der Waals surface area contributed by atoms with Crippen molar-refractivity contribution in [2.24, 2.45) is 0 Å². The molecular formula is C18H16F3N3O2S. The molecule has 0 atom stereocenters. The molecule has 0 aliphatic rings. The third-order valence-corrected chi connectivity index (χ3v) is 4.80. The summed E-state index contributed by atoms with van der Waals surface area (Å²) in [6, 6.07) is 7.13. The SMILES string of the molecule is Cc1sc(-c2ccco2)nc1C(=O)Nc1ccc(N(C)C)cc1C(F)(F)F. The number of hydrogen-bond acceptors (Lipinski definition) is 5. The maximum atomic E-state index is 13.4. The van der Waals surface area contributed by atoms with Crippen LogP contribution in [0.2, 0.25) is 0 Å². The lowest BCUT2D eigenvalue weighted by Gasteiger charge is -2.18. The summed E-state index contributed by atoms with van der Waals surface area (Å²) in [5, 5.41) is 2.82. The second-order valence-corrected chi connectivity index (χ2v) is 7.18. The Kier molecular flexibility index (Phi) is 4.97. The lowest BCUT2D eigenvalue weighted by atomic mass is 10.1. The number of thiazole rings is 1. The largest absolute Gasteiger partial charge is 0.462 e. The molecule has 2 aromatic heterocycles. The van der Waals surface area contributed by atoms with Crippen molar-refractivity contribution >= 4 is 28.6 Å². The lowest BCUT2D eigenvalue weighted by molar-refractivity contribution is -0.136. The van der Waals surface area contributed by atoms with Crippen molar-refractivity contribution in [2.75, 3.05) is 24.3 Å². The molecule has 1 amide bonds. The van der Waals surface area contributed by atoms with E-state index in [-0.39, 0.29) is 11.4 Å². The number of carbonyl (C=O) groups is 1. The van der Waals surface area contributed by atoms with Crippen LogP contribution in [0.4, 0.5) is 24.5 Å². The number of halogens is 3. The van der Waals surface area contributed by atoms with E-state index in [9.17, 15) is 18.0 Å². The van der Waals surface area contributed by atoms with Gasteiger partial charge in [-0.05, 0) is 37.3 Å². The van der Waals surface area contributed by atoms with Crippen molar-refractivity contribution in [3.63, 3.8) is 0 Å². The number of nitrogens with zero attached hydrogens (tertiary/aromatic N) is 2. The summed E-state index contributed by atoms with van der Waals surface area (Å²) in [5.41, 5.74) is -0.785. The van der Waals surface area contributed by atoms with Gasteiger partial charge in [-0.15, -0.1) is 11.3 Å². The average Bonchev–Trinajstić information content (AvgIpc) is 3.23. The zero-order valence-electron chi connectivity index (χ0n) is 14.7. The number of carbonyl (C=O) groups excluding carboxylic acids is 1. The van der Waals surface area contributed by atoms with Crippen LogP contribution in [0.25, 0.3) is 10.8 Å². The van der Waals surface area contributed by atoms with Gasteiger partial charge in [0.15, 0.2) is 10.8 Å². The Hall–Kier alpha value is -2.81. The minimum absolute atomic E-state index is 0.0659. The molecule has 0 unspecified atom stereocenters. The highest BCUT2D eigenvalue weighted by Gasteiger charge is 2.35. The van der Waals surface area contributed by atoms with Gasteiger partial charge in [0.2, 0.25) is 0 Å². The molecule has 0 bridgehead atoms. The second-order valence-electron chi connectivity index (χ2n) is 5.98. The predicted octanol–water partition coefficient (Wildman–Crippen LogP) is 5.05. The van der Waals surface area contributed by atoms with E-state index in [0.29, 0.717) is 21.3 Å². The van der Waals surface area contributed by atoms with Crippen molar-refractivity contribution in [1.82, 2.24) is 4.98 Å². The first kappa shape index (κ1) is 19.0. The quantitative estimate of drug-likeness (QED) is 0.672. The van der Waals surface area contributed by atoms with E-state index in [1.807, 2.05) is 0 Å². The Morgan fingerprint density at radius 1 is 1.26 bits per heavy atom. The van der Waals surface area contributed by atoms with E-state index < -0.39 is 17.6 Å². The Labute approximate surface area is 157 Å². The summed E-state index contributed by atoms with van der Waals surface area (Å²) in [7, 11) is 3.28. The number of benzene rings is 1. The fraction of sp³-hybridized carbons (Fsp3) is 0.222. The first-order valence-electron chi connectivity index (χ1n) is 7.88. The molecule has 0 radical (unpaired) electrons. The van der Waals surface area contributed by atoms with Gasteiger partial charge in [-0.25, -0.2) is 4.98 Å². The molecule has 0 spiro atoms. The van der Waals surface area contributed by atoms with Gasteiger partial charge in [-0.3, -0.25) is 4.79 Å². The molecule has 0 saturated heterocycles. The summed E-state index contributed by atoms with van der Waals surface area (Å²) in [5.74, 6) is -0.210. The summed E-state index contributed by atoms with van der Waals surface area (Å²) in [6.45, 7) is 1.68. The fourth-order valence-electron chi connectivity index (χ4n) is 2.45. The van der Waals surface area contributed by atoms with E-state index in [1.54, 1.807) is 38.1 Å². The first-order chi connectivity index (χ1) is 12.7. The number of amides is 1. The van der Waals surface area contributed by atoms with Crippen LogP contribution in [0.1, 0.15) is 20.9 Å². The average molecular weight is 395 g/mol. The number of aromatic nitrogens is 1. The van der Waals surface area contributed by atoms with Crippen molar-refractivity contribution < 1.29 is 22.4 Å². The van der Waals surface area contributed by atoms with Crippen LogP contribution in [0, 0.1) is 6.92 Å². The van der Waals surface area contributed by atoms with Crippen LogP contribution in [0.3, 0.4) is 0 Å². The smallest absolute Gasteiger partial charge is 0.418 e. The number of anilines is 2. The van der Waals surface area contributed by atoms with Crippen LogP contribution >= 0.6 is 11.3 Å². The number of alkyl halides is 3. The minimum Gasteiger partial charge on any atom is -0.462 e. The number of furan rings is 1. The molecule has 0 saturated carbocycles. The fourth-order valence-corrected chi connectivity index (χ4v) is 3.33. The maximum Gasteiger partial charge on any atom is 0.418 e. The molecule has 0 aliphatic carbocycles. The molecule has 1 N–H and O–H groups in total. The molecule has 142 valence electrons. The van der Waals surface area contributed by atoms with Gasteiger partial charge in [0.1, 0.15) is 5.69 Å². The first-order valence-corrected chi connectivity index (χ1v) is 8.69. The van der Waals surface area contributed by atoms with Crippen LogP contribution < -0.4 is 10.2 Å². The van der Waals surface area contributed by atoms with Gasteiger partial charge in [-0.1, -0.05) is 0 Å². The predicted molar refractivity (Wildman–Crippen MR) is 98.3 cm³/mol. The minimum atomic E-state index is -4.61. The Morgan fingerprint density at radius 3 is 2.59 bits per heavy atom. The Bertz CT molecular complexity index is 963. The molecule has 0 fully saturated rings. The molecule has 27 heavy (non-hydrogen) atoms. The number of nitrogens with one attached hydrogen (secondary N) is 1. The van der Waals surface area contributed by atoms with Crippen molar-refractivity contribution in [3.05, 3.63) is 52.7 Å². The molecule has 3 rings (SSSR count). The third-order valence-electron chi connectivity index (χ3n) is 3.82. The zero-order chi connectivity index (χ0) is 19.8. The van der Waals surface area contributed by atoms with Crippen LogP contribution in [0.15, 0.2) is 41.0 Å². The normalized spacial score (nSPS) is 11.5. The highest BCUT2D eigenvalue weighted by molar-refractivity contribution is 7.15. The van der Waals surface area contributed by atoms with Crippen molar-refractivity contribution in [3.8, 4) is 10.8 Å². The van der Waals surface area contributed by atoms with Crippen LogP contribution in [-0.2, 0) is 6.18 Å². The van der Waals surface area contributed by atoms with Gasteiger partial charge in [-0.2, -0.15) is 13.2 Å². The van der Waals surface area contributed by atoms with E-state index >= 15 is 0 Å². The van der Waals surface area contributed by atoms with E-state index in [2.05, 4.69) is 10.3 Å². The van der Waals surface area contributed by atoms with Crippen LogP contribution in [0.5, 0.6) is 0 Å². The third kappa shape index (κ3) is 3.97.